The Kier molecular flexibility index (Phi) is 3.22. The Morgan fingerprint density at radius 2 is 2.08 bits per heavy atom. The molecule has 0 fully saturated rings. The van der Waals surface area contributed by atoms with Crippen LogP contribution in [0, 0.1) is 0 Å². The van der Waals surface area contributed by atoms with Gasteiger partial charge in [0.2, 0.25) is 0 Å². The second-order valence-electron chi connectivity index (χ2n) is 2.26. The summed E-state index contributed by atoms with van der Waals surface area (Å²) in [5, 5.41) is 0. The molecule has 1 aromatic rings. The summed E-state index contributed by atoms with van der Waals surface area (Å²) in [4.78, 5) is 10.6. The number of hydrazine groups is 1. The standard InChI is InChI=1S/C8H9FN2O2/c9-7(8(12)11-10)13-6-4-2-1-3-5-6/h1-5,7H,10H2,(H,11,12). The number of rotatable bonds is 3. The molecule has 0 radical (unpaired) electrons. The van der Waals surface area contributed by atoms with Gasteiger partial charge in [-0.2, -0.15) is 4.39 Å². The lowest BCUT2D eigenvalue weighted by Crippen LogP contribution is -2.39. The molecule has 0 aliphatic rings. The van der Waals surface area contributed by atoms with Crippen molar-refractivity contribution in [3.8, 4) is 5.75 Å². The van der Waals surface area contributed by atoms with Crippen LogP contribution in [0.5, 0.6) is 5.75 Å². The van der Waals surface area contributed by atoms with Gasteiger partial charge in [-0.1, -0.05) is 18.2 Å². The zero-order valence-corrected chi connectivity index (χ0v) is 6.74. The van der Waals surface area contributed by atoms with E-state index in [1.807, 2.05) is 0 Å². The Morgan fingerprint density at radius 1 is 1.46 bits per heavy atom. The number of nitrogens with two attached hydrogens (primary N) is 1. The third kappa shape index (κ3) is 2.72. The molecule has 1 unspecified atom stereocenters. The summed E-state index contributed by atoms with van der Waals surface area (Å²) in [5.41, 5.74) is 1.65. The molecule has 0 aliphatic carbocycles. The van der Waals surface area contributed by atoms with E-state index in [9.17, 15) is 9.18 Å². The number of para-hydroxylation sites is 1. The first-order chi connectivity index (χ1) is 6.24. The van der Waals surface area contributed by atoms with Crippen LogP contribution in [0.1, 0.15) is 0 Å². The molecule has 0 heterocycles. The minimum atomic E-state index is -2.08. The number of benzene rings is 1. The molecule has 1 atom stereocenters. The number of hydrogen-bond donors (Lipinski definition) is 2. The number of alkyl halides is 1. The van der Waals surface area contributed by atoms with Gasteiger partial charge in [0.1, 0.15) is 5.75 Å². The van der Waals surface area contributed by atoms with Crippen molar-refractivity contribution < 1.29 is 13.9 Å². The highest BCUT2D eigenvalue weighted by molar-refractivity contribution is 5.78. The number of carbonyl (C=O) groups excluding carboxylic acids is 1. The van der Waals surface area contributed by atoms with Crippen LogP contribution < -0.4 is 16.0 Å². The Bertz CT molecular complexity index is 279. The summed E-state index contributed by atoms with van der Waals surface area (Å²) >= 11 is 0. The topological polar surface area (TPSA) is 64.3 Å². The Labute approximate surface area is 74.5 Å². The first-order valence-electron chi connectivity index (χ1n) is 3.60. The van der Waals surface area contributed by atoms with Crippen molar-refractivity contribution in [2.45, 2.75) is 6.36 Å². The van der Waals surface area contributed by atoms with E-state index < -0.39 is 12.3 Å². The Morgan fingerprint density at radius 3 is 2.62 bits per heavy atom. The molecular formula is C8H9FN2O2. The fourth-order valence-corrected chi connectivity index (χ4v) is 0.738. The van der Waals surface area contributed by atoms with E-state index in [0.29, 0.717) is 0 Å². The first-order valence-corrected chi connectivity index (χ1v) is 3.60. The fourth-order valence-electron chi connectivity index (χ4n) is 0.738. The highest BCUT2D eigenvalue weighted by Gasteiger charge is 2.16. The van der Waals surface area contributed by atoms with Crippen molar-refractivity contribution >= 4 is 5.91 Å². The van der Waals surface area contributed by atoms with Gasteiger partial charge in [-0.3, -0.25) is 10.2 Å². The molecule has 13 heavy (non-hydrogen) atoms. The third-order valence-electron chi connectivity index (χ3n) is 1.33. The molecule has 70 valence electrons. The quantitative estimate of drug-likeness (QED) is 0.404. The predicted octanol–water partition coefficient (Wildman–Crippen LogP) is 0.351. The lowest BCUT2D eigenvalue weighted by Gasteiger charge is -2.08. The number of amides is 1. The second kappa shape index (κ2) is 4.42. The van der Waals surface area contributed by atoms with E-state index in [-0.39, 0.29) is 5.75 Å². The van der Waals surface area contributed by atoms with Gasteiger partial charge in [-0.15, -0.1) is 0 Å². The van der Waals surface area contributed by atoms with Crippen LogP contribution in [0.3, 0.4) is 0 Å². The smallest absolute Gasteiger partial charge is 0.318 e. The number of carbonyl (C=O) groups is 1. The molecule has 0 aromatic heterocycles. The highest BCUT2D eigenvalue weighted by atomic mass is 19.1. The molecule has 0 saturated carbocycles. The zero-order valence-electron chi connectivity index (χ0n) is 6.74. The minimum Gasteiger partial charge on any atom is -0.452 e. The van der Waals surface area contributed by atoms with Crippen molar-refractivity contribution in [2.24, 2.45) is 5.84 Å². The minimum absolute atomic E-state index is 0.276. The lowest BCUT2D eigenvalue weighted by molar-refractivity contribution is -0.135. The van der Waals surface area contributed by atoms with Crippen LogP contribution in [-0.2, 0) is 4.79 Å². The van der Waals surface area contributed by atoms with Gasteiger partial charge in [0, 0.05) is 0 Å². The number of ether oxygens (including phenoxy) is 1. The number of hydrogen-bond acceptors (Lipinski definition) is 3. The summed E-state index contributed by atoms with van der Waals surface area (Å²) in [7, 11) is 0. The summed E-state index contributed by atoms with van der Waals surface area (Å²) in [5.74, 6) is 3.97. The van der Waals surface area contributed by atoms with E-state index in [4.69, 9.17) is 5.84 Å². The van der Waals surface area contributed by atoms with Gasteiger partial charge in [-0.25, -0.2) is 5.84 Å². The normalized spacial score (nSPS) is 11.8. The molecule has 3 N–H and O–H groups in total. The summed E-state index contributed by atoms with van der Waals surface area (Å²) in [6.07, 6.45) is -2.08. The average molecular weight is 184 g/mol. The van der Waals surface area contributed by atoms with E-state index in [1.165, 1.54) is 12.1 Å². The number of nitrogens with one attached hydrogen (secondary N) is 1. The van der Waals surface area contributed by atoms with Crippen LogP contribution in [0.15, 0.2) is 30.3 Å². The van der Waals surface area contributed by atoms with Crippen molar-refractivity contribution in [3.63, 3.8) is 0 Å². The molecule has 5 heteroatoms. The van der Waals surface area contributed by atoms with Crippen LogP contribution in [-0.4, -0.2) is 12.3 Å². The van der Waals surface area contributed by atoms with Gasteiger partial charge >= 0.3 is 12.3 Å². The monoisotopic (exact) mass is 184 g/mol. The van der Waals surface area contributed by atoms with Gasteiger partial charge in [0.05, 0.1) is 0 Å². The molecule has 0 saturated heterocycles. The molecule has 0 bridgehead atoms. The van der Waals surface area contributed by atoms with E-state index in [1.54, 1.807) is 23.6 Å². The van der Waals surface area contributed by atoms with Gasteiger partial charge in [0.25, 0.3) is 0 Å². The second-order valence-corrected chi connectivity index (χ2v) is 2.26. The zero-order chi connectivity index (χ0) is 9.68. The maximum absolute atomic E-state index is 12.8. The van der Waals surface area contributed by atoms with E-state index >= 15 is 0 Å². The van der Waals surface area contributed by atoms with Gasteiger partial charge < -0.3 is 4.74 Å². The summed E-state index contributed by atoms with van der Waals surface area (Å²) in [6.45, 7) is 0. The van der Waals surface area contributed by atoms with Crippen LogP contribution in [0.25, 0.3) is 0 Å². The summed E-state index contributed by atoms with van der Waals surface area (Å²) < 4.78 is 17.4. The molecule has 4 nitrogen and oxygen atoms in total. The molecule has 1 amide bonds. The molecule has 1 rings (SSSR count). The number of halogens is 1. The largest absolute Gasteiger partial charge is 0.452 e. The van der Waals surface area contributed by atoms with Crippen LogP contribution >= 0.6 is 0 Å². The average Bonchev–Trinajstić information content (AvgIpc) is 2.18. The Balaban J connectivity index is 2.55. The highest BCUT2D eigenvalue weighted by Crippen LogP contribution is 2.11. The van der Waals surface area contributed by atoms with E-state index in [2.05, 4.69) is 4.74 Å². The summed E-state index contributed by atoms with van der Waals surface area (Å²) in [6, 6.07) is 8.17. The maximum Gasteiger partial charge on any atom is 0.318 e. The third-order valence-corrected chi connectivity index (χ3v) is 1.33. The molecule has 1 aromatic carbocycles. The molecular weight excluding hydrogens is 175 g/mol. The molecule has 0 aliphatic heterocycles. The van der Waals surface area contributed by atoms with Crippen molar-refractivity contribution in [1.82, 2.24) is 5.43 Å². The first kappa shape index (κ1) is 9.47. The van der Waals surface area contributed by atoms with E-state index in [0.717, 1.165) is 0 Å². The predicted molar refractivity (Wildman–Crippen MR) is 44.3 cm³/mol. The fraction of sp³-hybridized carbons (Fsp3) is 0.125. The van der Waals surface area contributed by atoms with Crippen LogP contribution in [0.4, 0.5) is 4.39 Å². The van der Waals surface area contributed by atoms with Gasteiger partial charge in [0.15, 0.2) is 0 Å². The molecule has 0 spiro atoms. The van der Waals surface area contributed by atoms with Crippen LogP contribution in [0.2, 0.25) is 0 Å². The van der Waals surface area contributed by atoms with Gasteiger partial charge in [-0.05, 0) is 12.1 Å². The lowest BCUT2D eigenvalue weighted by atomic mass is 10.3. The maximum atomic E-state index is 12.8. The van der Waals surface area contributed by atoms with Crippen molar-refractivity contribution in [1.29, 1.82) is 0 Å². The van der Waals surface area contributed by atoms with Crippen molar-refractivity contribution in [3.05, 3.63) is 30.3 Å². The SMILES string of the molecule is NNC(=O)C(F)Oc1ccccc1. The Hall–Kier alpha value is -1.62. The van der Waals surface area contributed by atoms with Crippen molar-refractivity contribution in [2.75, 3.05) is 0 Å².